The number of ether oxygens (including phenoxy) is 1. The van der Waals surface area contributed by atoms with Crippen molar-refractivity contribution in [3.63, 3.8) is 0 Å². The number of hydrogen-bond acceptors (Lipinski definition) is 3. The molecule has 0 radical (unpaired) electrons. The zero-order valence-electron chi connectivity index (χ0n) is 15.1. The van der Waals surface area contributed by atoms with E-state index < -0.39 is 0 Å². The minimum atomic E-state index is -0.363. The smallest absolute Gasteiger partial charge is 0.234 e. The molecular weight excluding hydrogens is 331 g/mol. The quantitative estimate of drug-likeness (QED) is 0.800. The molecule has 5 heteroatoms. The number of primary amides is 1. The molecule has 0 bridgehead atoms. The molecule has 1 amide bonds. The van der Waals surface area contributed by atoms with Crippen LogP contribution in [0.15, 0.2) is 36.4 Å². The molecule has 138 valence electrons. The first-order valence-corrected chi connectivity index (χ1v) is 9.08. The number of fused-ring (bicyclic) bond motifs is 1. The van der Waals surface area contributed by atoms with E-state index in [1.807, 2.05) is 18.2 Å². The number of hydrogen-bond donors (Lipinski definition) is 2. The lowest BCUT2D eigenvalue weighted by atomic mass is 9.87. The molecule has 0 fully saturated rings. The molecule has 1 atom stereocenters. The van der Waals surface area contributed by atoms with Gasteiger partial charge < -0.3 is 15.8 Å². The highest BCUT2D eigenvalue weighted by atomic mass is 19.1. The molecule has 0 spiro atoms. The first-order valence-electron chi connectivity index (χ1n) is 9.08. The fraction of sp³-hybridized carbons (Fsp3) is 0.381. The number of halogens is 1. The van der Waals surface area contributed by atoms with Gasteiger partial charge in [-0.25, -0.2) is 4.39 Å². The van der Waals surface area contributed by atoms with Crippen molar-refractivity contribution in [2.45, 2.75) is 51.8 Å². The predicted octanol–water partition coefficient (Wildman–Crippen LogP) is 3.25. The summed E-state index contributed by atoms with van der Waals surface area (Å²) in [6, 6.07) is 10.1. The van der Waals surface area contributed by atoms with E-state index in [4.69, 9.17) is 10.5 Å². The molecule has 2 aromatic rings. The van der Waals surface area contributed by atoms with Gasteiger partial charge in [-0.15, -0.1) is 0 Å². The molecule has 2 aromatic carbocycles. The number of nitrogens with two attached hydrogens (primary N) is 1. The molecular formula is C21H25FN2O2. The molecule has 0 saturated heterocycles. The molecule has 0 saturated carbocycles. The van der Waals surface area contributed by atoms with Gasteiger partial charge in [0.05, 0.1) is 6.04 Å². The van der Waals surface area contributed by atoms with Crippen molar-refractivity contribution >= 4 is 5.91 Å². The van der Waals surface area contributed by atoms with E-state index in [1.54, 1.807) is 13.0 Å². The average molecular weight is 356 g/mol. The third-order valence-corrected chi connectivity index (χ3v) is 4.90. The summed E-state index contributed by atoms with van der Waals surface area (Å²) < 4.78 is 19.3. The second-order valence-electron chi connectivity index (χ2n) is 6.81. The summed E-state index contributed by atoms with van der Waals surface area (Å²) in [5.74, 6) is 0.266. The lowest BCUT2D eigenvalue weighted by Crippen LogP contribution is -2.38. The highest BCUT2D eigenvalue weighted by Crippen LogP contribution is 2.33. The van der Waals surface area contributed by atoms with E-state index in [2.05, 4.69) is 5.32 Å². The summed E-state index contributed by atoms with van der Waals surface area (Å²) in [5.41, 5.74) is 9.86. The van der Waals surface area contributed by atoms with Crippen molar-refractivity contribution in [3.8, 4) is 5.75 Å². The van der Waals surface area contributed by atoms with E-state index in [9.17, 15) is 9.18 Å². The maximum Gasteiger partial charge on any atom is 0.234 e. The maximum atomic E-state index is 13.3. The molecule has 1 aliphatic rings. The van der Waals surface area contributed by atoms with Crippen LogP contribution in [0.4, 0.5) is 4.39 Å². The van der Waals surface area contributed by atoms with E-state index in [1.165, 1.54) is 28.8 Å². The number of carbonyl (C=O) groups is 1. The normalized spacial score (nSPS) is 14.5. The highest BCUT2D eigenvalue weighted by Gasteiger charge is 2.19. The maximum absolute atomic E-state index is 13.3. The molecule has 3 N–H and O–H groups in total. The van der Waals surface area contributed by atoms with Crippen LogP contribution in [0.25, 0.3) is 0 Å². The standard InChI is InChI=1S/C21H25FN2O2/c1-14(21(23)25)24-12-16-9-10-20(19-8-3-2-7-18(16)19)26-13-15-5-4-6-17(22)11-15/h4-6,9-11,14,24H,2-3,7-8,12-13H2,1H3,(H2,23,25)/t14-/m1/s1. The zero-order chi connectivity index (χ0) is 18.5. The minimum Gasteiger partial charge on any atom is -0.489 e. The van der Waals surface area contributed by atoms with Gasteiger partial charge in [-0.3, -0.25) is 4.79 Å². The summed E-state index contributed by atoms with van der Waals surface area (Å²) >= 11 is 0. The van der Waals surface area contributed by atoms with Crippen LogP contribution in [0.5, 0.6) is 5.75 Å². The number of benzene rings is 2. The van der Waals surface area contributed by atoms with Gasteiger partial charge in [0.15, 0.2) is 0 Å². The van der Waals surface area contributed by atoms with Gasteiger partial charge in [-0.05, 0) is 73.1 Å². The van der Waals surface area contributed by atoms with Crippen LogP contribution >= 0.6 is 0 Å². The Morgan fingerprint density at radius 1 is 1.23 bits per heavy atom. The van der Waals surface area contributed by atoms with E-state index in [0.29, 0.717) is 13.2 Å². The van der Waals surface area contributed by atoms with Gasteiger partial charge in [0.2, 0.25) is 5.91 Å². The van der Waals surface area contributed by atoms with Crippen LogP contribution in [0.2, 0.25) is 0 Å². The summed E-state index contributed by atoms with van der Waals surface area (Å²) in [7, 11) is 0. The second-order valence-corrected chi connectivity index (χ2v) is 6.81. The Balaban J connectivity index is 1.76. The van der Waals surface area contributed by atoms with Crippen LogP contribution in [0, 0.1) is 5.82 Å². The molecule has 0 aromatic heterocycles. The van der Waals surface area contributed by atoms with Crippen molar-refractivity contribution in [1.82, 2.24) is 5.32 Å². The summed E-state index contributed by atoms with van der Waals surface area (Å²) in [6.45, 7) is 2.72. The monoisotopic (exact) mass is 356 g/mol. The number of nitrogens with one attached hydrogen (secondary N) is 1. The number of rotatable bonds is 7. The van der Waals surface area contributed by atoms with Crippen molar-refractivity contribution in [3.05, 3.63) is 64.5 Å². The van der Waals surface area contributed by atoms with Crippen LogP contribution in [-0.2, 0) is 30.8 Å². The molecule has 0 heterocycles. The minimum absolute atomic E-state index is 0.252. The molecule has 4 nitrogen and oxygen atoms in total. The summed E-state index contributed by atoms with van der Waals surface area (Å²) in [4.78, 5) is 11.2. The van der Waals surface area contributed by atoms with Gasteiger partial charge in [-0.1, -0.05) is 18.2 Å². The Morgan fingerprint density at radius 2 is 2.00 bits per heavy atom. The van der Waals surface area contributed by atoms with Crippen molar-refractivity contribution in [2.24, 2.45) is 5.73 Å². The van der Waals surface area contributed by atoms with Crippen molar-refractivity contribution < 1.29 is 13.9 Å². The zero-order valence-corrected chi connectivity index (χ0v) is 15.1. The van der Waals surface area contributed by atoms with Gasteiger partial charge in [-0.2, -0.15) is 0 Å². The number of amides is 1. The lowest BCUT2D eigenvalue weighted by molar-refractivity contribution is -0.119. The van der Waals surface area contributed by atoms with Gasteiger partial charge in [0, 0.05) is 6.54 Å². The Bertz CT molecular complexity index is 792. The Hall–Kier alpha value is -2.40. The van der Waals surface area contributed by atoms with E-state index in [0.717, 1.165) is 37.0 Å². The van der Waals surface area contributed by atoms with Crippen LogP contribution in [0.3, 0.4) is 0 Å². The second kappa shape index (κ2) is 8.32. The Kier molecular flexibility index (Phi) is 5.89. The molecule has 0 unspecified atom stereocenters. The van der Waals surface area contributed by atoms with E-state index >= 15 is 0 Å². The van der Waals surface area contributed by atoms with Gasteiger partial charge >= 0.3 is 0 Å². The fourth-order valence-corrected chi connectivity index (χ4v) is 3.36. The highest BCUT2D eigenvalue weighted by molar-refractivity contribution is 5.79. The van der Waals surface area contributed by atoms with Gasteiger partial charge in [0.25, 0.3) is 0 Å². The van der Waals surface area contributed by atoms with Gasteiger partial charge in [0.1, 0.15) is 18.2 Å². The molecule has 0 aliphatic heterocycles. The molecule has 1 aliphatic carbocycles. The lowest BCUT2D eigenvalue weighted by Gasteiger charge is -2.23. The number of carbonyl (C=O) groups excluding carboxylic acids is 1. The van der Waals surface area contributed by atoms with Crippen molar-refractivity contribution in [1.29, 1.82) is 0 Å². The largest absolute Gasteiger partial charge is 0.489 e. The summed E-state index contributed by atoms with van der Waals surface area (Å²) in [5, 5.41) is 3.17. The predicted molar refractivity (Wildman–Crippen MR) is 99.3 cm³/mol. The topological polar surface area (TPSA) is 64.3 Å². The average Bonchev–Trinajstić information content (AvgIpc) is 2.64. The van der Waals surface area contributed by atoms with Crippen LogP contribution < -0.4 is 15.8 Å². The third kappa shape index (κ3) is 4.41. The SMILES string of the molecule is C[C@@H](NCc1ccc(OCc2cccc(F)c2)c2c1CCCC2)C(N)=O. The first-order chi connectivity index (χ1) is 12.5. The first kappa shape index (κ1) is 18.4. The molecule has 26 heavy (non-hydrogen) atoms. The van der Waals surface area contributed by atoms with Crippen molar-refractivity contribution in [2.75, 3.05) is 0 Å². The Morgan fingerprint density at radius 3 is 2.73 bits per heavy atom. The van der Waals surface area contributed by atoms with Crippen LogP contribution in [-0.4, -0.2) is 11.9 Å². The molecule has 3 rings (SSSR count). The fourth-order valence-electron chi connectivity index (χ4n) is 3.36. The Labute approximate surface area is 153 Å². The third-order valence-electron chi connectivity index (χ3n) is 4.90. The summed E-state index contributed by atoms with van der Waals surface area (Å²) in [6.07, 6.45) is 4.28. The van der Waals surface area contributed by atoms with E-state index in [-0.39, 0.29) is 17.8 Å². The van der Waals surface area contributed by atoms with Crippen LogP contribution in [0.1, 0.15) is 42.0 Å².